The number of carboxylic acid groups (broad SMARTS) is 1. The molecule has 1 aromatic carbocycles. The van der Waals surface area contributed by atoms with E-state index in [4.69, 9.17) is 21.5 Å². The number of hydrogen-bond donors (Lipinski definition) is 5. The van der Waals surface area contributed by atoms with Gasteiger partial charge < -0.3 is 36.1 Å². The number of likely N-dealkylation sites (tertiary alicyclic amines) is 1. The lowest BCUT2D eigenvalue weighted by Crippen LogP contribution is -2.64. The highest BCUT2D eigenvalue weighted by Crippen LogP contribution is 2.29. The molecule has 178 valence electrons. The lowest BCUT2D eigenvalue weighted by atomic mass is 9.75. The van der Waals surface area contributed by atoms with E-state index in [9.17, 15) is 14.7 Å². The van der Waals surface area contributed by atoms with E-state index in [0.717, 1.165) is 16.5 Å². The van der Waals surface area contributed by atoms with E-state index in [1.54, 1.807) is 0 Å². The Bertz CT molecular complexity index is 944. The van der Waals surface area contributed by atoms with Crippen LogP contribution in [0.4, 0.5) is 0 Å². The molecule has 1 saturated heterocycles. The Hall–Kier alpha value is -1.82. The molecule has 1 aliphatic rings. The first-order chi connectivity index (χ1) is 14.1. The predicted molar refractivity (Wildman–Crippen MR) is 128 cm³/mol. The van der Waals surface area contributed by atoms with Gasteiger partial charge in [0.25, 0.3) is 0 Å². The number of aliphatic carboxylic acids is 1. The van der Waals surface area contributed by atoms with Gasteiger partial charge in [-0.1, -0.05) is 24.6 Å². The van der Waals surface area contributed by atoms with Gasteiger partial charge >= 0.3 is 13.1 Å². The van der Waals surface area contributed by atoms with Crippen molar-refractivity contribution in [1.29, 1.82) is 0 Å². The molecule has 0 spiro atoms. The third-order valence-corrected chi connectivity index (χ3v) is 5.91. The van der Waals surface area contributed by atoms with Gasteiger partial charge in [-0.05, 0) is 36.7 Å². The number of halogens is 2. The fourth-order valence-electron chi connectivity index (χ4n) is 4.41. The lowest BCUT2D eigenvalue weighted by Gasteiger charge is -2.42. The molecule has 0 aliphatic carbocycles. The number of nitrogens with two attached hydrogens (primary N) is 2. The summed E-state index contributed by atoms with van der Waals surface area (Å²) >= 11 is 0. The van der Waals surface area contributed by atoms with Crippen LogP contribution < -0.4 is 11.5 Å². The maximum atomic E-state index is 13.1. The van der Waals surface area contributed by atoms with Gasteiger partial charge in [0.15, 0.2) is 0 Å². The topological polar surface area (TPSA) is 155 Å². The Kier molecular flexibility index (Phi) is 10.0. The summed E-state index contributed by atoms with van der Waals surface area (Å²) in [5.74, 6) is -1.79. The van der Waals surface area contributed by atoms with E-state index in [2.05, 4.69) is 0 Å². The lowest BCUT2D eigenvalue weighted by molar-refractivity contribution is -0.149. The second kappa shape index (κ2) is 11.4. The van der Waals surface area contributed by atoms with Crippen LogP contribution in [-0.2, 0) is 23.1 Å². The summed E-state index contributed by atoms with van der Waals surface area (Å²) in [4.78, 5) is 26.2. The van der Waals surface area contributed by atoms with Crippen LogP contribution in [0.5, 0.6) is 0 Å². The minimum absolute atomic E-state index is 0. The Morgan fingerprint density at radius 3 is 2.56 bits per heavy atom. The molecular formula is C20H31BCl2N4O5. The number of hydrogen-bond acceptors (Lipinski definition) is 6. The monoisotopic (exact) mass is 488 g/mol. The quantitative estimate of drug-likeness (QED) is 0.353. The van der Waals surface area contributed by atoms with E-state index >= 15 is 0 Å². The van der Waals surface area contributed by atoms with Gasteiger partial charge in [0.2, 0.25) is 5.91 Å². The molecule has 0 radical (unpaired) electrons. The van der Waals surface area contributed by atoms with Crippen molar-refractivity contribution in [2.75, 3.05) is 13.1 Å². The first-order valence-electron chi connectivity index (χ1n) is 10.1. The van der Waals surface area contributed by atoms with Crippen molar-refractivity contribution in [2.24, 2.45) is 24.4 Å². The third-order valence-electron chi connectivity index (χ3n) is 5.91. The molecule has 12 heteroatoms. The Labute approximate surface area is 199 Å². The maximum Gasteiger partial charge on any atom is 0.451 e. The van der Waals surface area contributed by atoms with Crippen LogP contribution in [-0.4, -0.2) is 68.3 Å². The van der Waals surface area contributed by atoms with Crippen LogP contribution in [0.3, 0.4) is 0 Å². The second-order valence-corrected chi connectivity index (χ2v) is 8.40. The maximum absolute atomic E-state index is 13.1. The average molecular weight is 489 g/mol. The molecule has 1 fully saturated rings. The number of rotatable bonds is 7. The van der Waals surface area contributed by atoms with Gasteiger partial charge in [0, 0.05) is 37.2 Å². The zero-order valence-electron chi connectivity index (χ0n) is 17.9. The first-order valence-corrected chi connectivity index (χ1v) is 10.1. The van der Waals surface area contributed by atoms with Crippen LogP contribution >= 0.6 is 24.8 Å². The van der Waals surface area contributed by atoms with Crippen molar-refractivity contribution >= 4 is 54.7 Å². The van der Waals surface area contributed by atoms with Gasteiger partial charge in [-0.25, -0.2) is 0 Å². The van der Waals surface area contributed by atoms with Gasteiger partial charge in [-0.15, -0.1) is 24.8 Å². The Morgan fingerprint density at radius 2 is 1.94 bits per heavy atom. The molecule has 0 bridgehead atoms. The summed E-state index contributed by atoms with van der Waals surface area (Å²) in [7, 11) is 0.446. The van der Waals surface area contributed by atoms with Crippen LogP contribution in [0, 0.1) is 5.92 Å². The molecule has 2 aromatic rings. The summed E-state index contributed by atoms with van der Waals surface area (Å²) in [6.45, 7) is 0.170. The average Bonchev–Trinajstić information content (AvgIpc) is 3.01. The predicted octanol–water partition coefficient (Wildman–Crippen LogP) is 0.385. The fourth-order valence-corrected chi connectivity index (χ4v) is 4.41. The summed E-state index contributed by atoms with van der Waals surface area (Å²) < 4.78 is 1.98. The normalized spacial score (nSPS) is 21.4. The molecule has 0 saturated carbocycles. The van der Waals surface area contributed by atoms with Crippen LogP contribution in [0.25, 0.3) is 10.9 Å². The van der Waals surface area contributed by atoms with Gasteiger partial charge in [0.1, 0.15) is 5.54 Å². The molecule has 1 unspecified atom stereocenters. The second-order valence-electron chi connectivity index (χ2n) is 8.40. The Balaban J connectivity index is 0.00000256. The molecule has 3 atom stereocenters. The van der Waals surface area contributed by atoms with E-state index in [1.807, 2.05) is 42.1 Å². The standard InChI is InChI=1S/C20H29BN4O5.2ClH/c1-24-11-14(15-4-2-3-5-17(15)24)8-16(22)18(26)25-10-13(6-7-21(29)30)9-20(23,12-25)19(27)28;;/h2-5,11,13,16,29-30H,6-10,12,22-23H2,1H3,(H,27,28);2*1H/t13-,16?,20+;;/m0../s1. The van der Waals surface area contributed by atoms with Crippen LogP contribution in [0.1, 0.15) is 18.4 Å². The zero-order valence-corrected chi connectivity index (χ0v) is 19.5. The van der Waals surface area contributed by atoms with E-state index in [-0.39, 0.29) is 55.9 Å². The highest BCUT2D eigenvalue weighted by molar-refractivity contribution is 6.40. The molecule has 1 aliphatic heterocycles. The summed E-state index contributed by atoms with van der Waals surface area (Å²) in [6.07, 6.45) is 2.87. The number of nitrogens with zero attached hydrogens (tertiary/aromatic N) is 2. The molecule has 9 nitrogen and oxygen atoms in total. The number of carboxylic acids is 1. The molecule has 7 N–H and O–H groups in total. The molecule has 1 amide bonds. The molecular weight excluding hydrogens is 458 g/mol. The van der Waals surface area contributed by atoms with E-state index in [1.165, 1.54) is 4.90 Å². The molecule has 32 heavy (non-hydrogen) atoms. The number of carbonyl (C=O) groups excluding carboxylic acids is 1. The zero-order chi connectivity index (χ0) is 22.1. The molecule has 1 aromatic heterocycles. The Morgan fingerprint density at radius 1 is 1.28 bits per heavy atom. The minimum Gasteiger partial charge on any atom is -0.480 e. The number of para-hydroxylation sites is 1. The largest absolute Gasteiger partial charge is 0.480 e. The number of piperidine rings is 1. The highest BCUT2D eigenvalue weighted by atomic mass is 35.5. The van der Waals surface area contributed by atoms with Gasteiger partial charge in [-0.2, -0.15) is 0 Å². The van der Waals surface area contributed by atoms with Crippen molar-refractivity contribution in [1.82, 2.24) is 9.47 Å². The molecule has 2 heterocycles. The smallest absolute Gasteiger partial charge is 0.451 e. The summed E-state index contributed by atoms with van der Waals surface area (Å²) in [5, 5.41) is 28.9. The summed E-state index contributed by atoms with van der Waals surface area (Å²) in [5.41, 5.74) is 12.7. The first kappa shape index (κ1) is 28.2. The highest BCUT2D eigenvalue weighted by Gasteiger charge is 2.44. The minimum atomic E-state index is -1.59. The van der Waals surface area contributed by atoms with E-state index in [0.29, 0.717) is 19.4 Å². The number of carbonyl (C=O) groups is 2. The SMILES string of the molecule is Cl.Cl.Cn1cc(CC(N)C(=O)N2C[C@@H](CCB(O)O)C[C@](N)(C(=O)O)C2)c2ccccc21. The fraction of sp³-hybridized carbons (Fsp3) is 0.500. The number of amides is 1. The number of benzene rings is 1. The number of fused-ring (bicyclic) bond motifs is 1. The molecule has 3 rings (SSSR count). The van der Waals surface area contributed by atoms with Gasteiger partial charge in [-0.3, -0.25) is 9.59 Å². The van der Waals surface area contributed by atoms with Gasteiger partial charge in [0.05, 0.1) is 6.04 Å². The van der Waals surface area contributed by atoms with Crippen molar-refractivity contribution in [3.63, 3.8) is 0 Å². The van der Waals surface area contributed by atoms with Crippen molar-refractivity contribution < 1.29 is 24.7 Å². The van der Waals surface area contributed by atoms with Crippen molar-refractivity contribution in [3.8, 4) is 0 Å². The van der Waals surface area contributed by atoms with Crippen LogP contribution in [0.2, 0.25) is 6.32 Å². The van der Waals surface area contributed by atoms with Crippen molar-refractivity contribution in [2.45, 2.75) is 37.2 Å². The van der Waals surface area contributed by atoms with Crippen molar-refractivity contribution in [3.05, 3.63) is 36.0 Å². The summed E-state index contributed by atoms with van der Waals surface area (Å²) in [6, 6.07) is 7.01. The van der Waals surface area contributed by atoms with E-state index < -0.39 is 24.7 Å². The van der Waals surface area contributed by atoms with Crippen LogP contribution in [0.15, 0.2) is 30.5 Å². The number of aromatic nitrogens is 1. The number of aryl methyl sites for hydroxylation is 1. The third kappa shape index (κ3) is 6.15.